The van der Waals surface area contributed by atoms with Gasteiger partial charge in [0.15, 0.2) is 6.29 Å². The normalized spacial score (nSPS) is 15.1. The van der Waals surface area contributed by atoms with Crippen molar-refractivity contribution < 1.29 is 14.6 Å². The molecule has 0 rings (SSSR count). The van der Waals surface area contributed by atoms with E-state index < -0.39 is 11.8 Å². The molecular formula is C9H18N2O3. The minimum Gasteiger partial charge on any atom is -0.395 e. The molecule has 0 aromatic carbocycles. The fourth-order valence-corrected chi connectivity index (χ4v) is 1.09. The second kappa shape index (κ2) is 6.74. The van der Waals surface area contributed by atoms with Crippen LogP contribution < -0.4 is 5.32 Å². The Bertz CT molecular complexity index is 189. The molecule has 2 N–H and O–H groups in total. The number of aliphatic hydroxyl groups excluding tert-OH is 1. The van der Waals surface area contributed by atoms with E-state index in [4.69, 9.17) is 19.8 Å². The zero-order chi connectivity index (χ0) is 11.0. The van der Waals surface area contributed by atoms with E-state index in [-0.39, 0.29) is 6.61 Å². The number of β-amino-alcohol motifs (C(OH)–C–C–N with tert-alkyl or cyclic N) is 1. The highest BCUT2D eigenvalue weighted by molar-refractivity contribution is 5.04. The first-order valence-corrected chi connectivity index (χ1v) is 4.44. The summed E-state index contributed by atoms with van der Waals surface area (Å²) >= 11 is 0. The van der Waals surface area contributed by atoms with E-state index in [0.29, 0.717) is 13.0 Å². The van der Waals surface area contributed by atoms with Gasteiger partial charge in [-0.1, -0.05) is 0 Å². The van der Waals surface area contributed by atoms with Crippen molar-refractivity contribution in [3.8, 4) is 6.07 Å². The van der Waals surface area contributed by atoms with Crippen LogP contribution in [0.4, 0.5) is 0 Å². The van der Waals surface area contributed by atoms with E-state index in [1.165, 1.54) is 14.2 Å². The second-order valence-electron chi connectivity index (χ2n) is 3.20. The van der Waals surface area contributed by atoms with Crippen LogP contribution in [0.25, 0.3) is 0 Å². The molecule has 5 nitrogen and oxygen atoms in total. The van der Waals surface area contributed by atoms with Crippen molar-refractivity contribution >= 4 is 0 Å². The van der Waals surface area contributed by atoms with Crippen molar-refractivity contribution in [2.24, 2.45) is 0 Å². The number of nitrogens with zero attached hydrogens (tertiary/aromatic N) is 1. The SMILES string of the molecule is COC(CC(C)(C#N)NCCO)OC. The van der Waals surface area contributed by atoms with E-state index in [1.54, 1.807) is 6.92 Å². The highest BCUT2D eigenvalue weighted by Crippen LogP contribution is 2.13. The lowest BCUT2D eigenvalue weighted by Gasteiger charge is -2.26. The van der Waals surface area contributed by atoms with Crippen LogP contribution in [0.2, 0.25) is 0 Å². The quantitative estimate of drug-likeness (QED) is 0.562. The lowest BCUT2D eigenvalue weighted by atomic mass is 9.99. The molecule has 0 radical (unpaired) electrons. The Balaban J connectivity index is 4.17. The van der Waals surface area contributed by atoms with Gasteiger partial charge in [-0.05, 0) is 6.92 Å². The van der Waals surface area contributed by atoms with Crippen molar-refractivity contribution in [3.63, 3.8) is 0 Å². The van der Waals surface area contributed by atoms with Gasteiger partial charge in [-0.2, -0.15) is 5.26 Å². The van der Waals surface area contributed by atoms with E-state index in [0.717, 1.165) is 0 Å². The van der Waals surface area contributed by atoms with Crippen molar-refractivity contribution in [2.75, 3.05) is 27.4 Å². The Labute approximate surface area is 84.6 Å². The van der Waals surface area contributed by atoms with Gasteiger partial charge in [0.25, 0.3) is 0 Å². The summed E-state index contributed by atoms with van der Waals surface area (Å²) in [6.07, 6.45) is 0.00194. The number of methoxy groups -OCH3 is 2. The highest BCUT2D eigenvalue weighted by atomic mass is 16.7. The van der Waals surface area contributed by atoms with Crippen molar-refractivity contribution in [3.05, 3.63) is 0 Å². The fourth-order valence-electron chi connectivity index (χ4n) is 1.09. The first kappa shape index (κ1) is 13.3. The van der Waals surface area contributed by atoms with Crippen LogP contribution >= 0.6 is 0 Å². The predicted molar refractivity (Wildman–Crippen MR) is 51.5 cm³/mol. The zero-order valence-corrected chi connectivity index (χ0v) is 8.91. The maximum atomic E-state index is 8.95. The highest BCUT2D eigenvalue weighted by Gasteiger charge is 2.27. The largest absolute Gasteiger partial charge is 0.395 e. The number of rotatable bonds is 7. The molecule has 1 unspecified atom stereocenters. The van der Waals surface area contributed by atoms with Crippen molar-refractivity contribution in [2.45, 2.75) is 25.2 Å². The number of hydrogen-bond donors (Lipinski definition) is 2. The molecule has 82 valence electrons. The summed E-state index contributed by atoms with van der Waals surface area (Å²) in [6, 6.07) is 2.13. The van der Waals surface area contributed by atoms with E-state index in [1.807, 2.05) is 0 Å². The maximum Gasteiger partial charge on any atom is 0.159 e. The monoisotopic (exact) mass is 202 g/mol. The molecule has 0 saturated carbocycles. The van der Waals surface area contributed by atoms with Crippen LogP contribution in [-0.4, -0.2) is 44.3 Å². The number of nitriles is 1. The Hall–Kier alpha value is -0.670. The molecule has 1 atom stereocenters. The second-order valence-corrected chi connectivity index (χ2v) is 3.20. The molecular weight excluding hydrogens is 184 g/mol. The van der Waals surface area contributed by atoms with Crippen molar-refractivity contribution in [1.82, 2.24) is 5.32 Å². The Morgan fingerprint density at radius 1 is 1.50 bits per heavy atom. The maximum absolute atomic E-state index is 8.95. The van der Waals surface area contributed by atoms with Crippen molar-refractivity contribution in [1.29, 1.82) is 5.26 Å². The first-order valence-electron chi connectivity index (χ1n) is 4.44. The molecule has 0 aliphatic heterocycles. The minimum absolute atomic E-state index is 0.00189. The third kappa shape index (κ3) is 4.53. The van der Waals surface area contributed by atoms with Gasteiger partial charge in [0.2, 0.25) is 0 Å². The number of nitrogens with one attached hydrogen (secondary N) is 1. The molecule has 0 aliphatic rings. The summed E-state index contributed by atoms with van der Waals surface area (Å²) in [6.45, 7) is 2.12. The van der Waals surface area contributed by atoms with E-state index in [9.17, 15) is 0 Å². The van der Waals surface area contributed by atoms with Crippen LogP contribution in [0.3, 0.4) is 0 Å². The molecule has 0 saturated heterocycles. The molecule has 0 aromatic heterocycles. The fraction of sp³-hybridized carbons (Fsp3) is 0.889. The molecule has 0 fully saturated rings. The average Bonchev–Trinajstić information content (AvgIpc) is 2.23. The minimum atomic E-state index is -0.737. The smallest absolute Gasteiger partial charge is 0.159 e. The van der Waals surface area contributed by atoms with Gasteiger partial charge in [-0.3, -0.25) is 5.32 Å². The van der Waals surface area contributed by atoms with E-state index in [2.05, 4.69) is 11.4 Å². The Morgan fingerprint density at radius 2 is 2.07 bits per heavy atom. The summed E-state index contributed by atoms with van der Waals surface area (Å²) in [4.78, 5) is 0. The number of ether oxygens (including phenoxy) is 2. The number of hydrogen-bond acceptors (Lipinski definition) is 5. The average molecular weight is 202 g/mol. The summed E-state index contributed by atoms with van der Waals surface area (Å²) in [5, 5.41) is 20.5. The van der Waals surface area contributed by atoms with Crippen LogP contribution in [0.1, 0.15) is 13.3 Å². The van der Waals surface area contributed by atoms with Crippen LogP contribution in [-0.2, 0) is 9.47 Å². The van der Waals surface area contributed by atoms with Crippen LogP contribution in [0, 0.1) is 11.3 Å². The van der Waals surface area contributed by atoms with E-state index >= 15 is 0 Å². The molecule has 0 aliphatic carbocycles. The van der Waals surface area contributed by atoms with Gasteiger partial charge >= 0.3 is 0 Å². The van der Waals surface area contributed by atoms with Gasteiger partial charge in [0.1, 0.15) is 5.54 Å². The van der Waals surface area contributed by atoms with Gasteiger partial charge in [0, 0.05) is 27.2 Å². The topological polar surface area (TPSA) is 74.5 Å². The Kier molecular flexibility index (Phi) is 6.41. The molecule has 0 heterocycles. The van der Waals surface area contributed by atoms with Gasteiger partial charge in [-0.25, -0.2) is 0 Å². The number of aliphatic hydroxyl groups is 1. The summed E-state index contributed by atoms with van der Waals surface area (Å²) in [5.74, 6) is 0. The summed E-state index contributed by atoms with van der Waals surface area (Å²) in [5.41, 5.74) is -0.737. The van der Waals surface area contributed by atoms with Gasteiger partial charge in [-0.15, -0.1) is 0 Å². The molecule has 5 heteroatoms. The van der Waals surface area contributed by atoms with Gasteiger partial charge in [0.05, 0.1) is 12.7 Å². The predicted octanol–water partition coefficient (Wildman–Crippen LogP) is -0.140. The summed E-state index contributed by atoms with van der Waals surface area (Å²) < 4.78 is 10.0. The molecule has 0 bridgehead atoms. The third-order valence-electron chi connectivity index (χ3n) is 1.97. The van der Waals surface area contributed by atoms with Gasteiger partial charge < -0.3 is 14.6 Å². The zero-order valence-electron chi connectivity index (χ0n) is 8.91. The molecule has 0 amide bonds. The Morgan fingerprint density at radius 3 is 2.43 bits per heavy atom. The molecule has 0 spiro atoms. The summed E-state index contributed by atoms with van der Waals surface area (Å²) in [7, 11) is 3.05. The van der Waals surface area contributed by atoms with Crippen LogP contribution in [0.5, 0.6) is 0 Å². The molecule has 0 aromatic rings. The van der Waals surface area contributed by atoms with Crippen LogP contribution in [0.15, 0.2) is 0 Å². The molecule has 14 heavy (non-hydrogen) atoms. The first-order chi connectivity index (χ1) is 6.61. The lowest BCUT2D eigenvalue weighted by molar-refractivity contribution is -0.114. The third-order valence-corrected chi connectivity index (χ3v) is 1.97. The standard InChI is InChI=1S/C9H18N2O3/c1-9(7-10,11-4-5-12)6-8(13-2)14-3/h8,11-12H,4-6H2,1-3H3. The lowest BCUT2D eigenvalue weighted by Crippen LogP contribution is -2.45.